The van der Waals surface area contributed by atoms with E-state index in [-0.39, 0.29) is 11.9 Å². The predicted molar refractivity (Wildman–Crippen MR) is 76.9 cm³/mol. The first-order valence-corrected chi connectivity index (χ1v) is 6.69. The average Bonchev–Trinajstić information content (AvgIpc) is 2.37. The van der Waals surface area contributed by atoms with Crippen LogP contribution in [0.25, 0.3) is 0 Å². The van der Waals surface area contributed by atoms with Crippen LogP contribution in [-0.2, 0) is 4.79 Å². The minimum absolute atomic E-state index is 0.167. The van der Waals surface area contributed by atoms with Gasteiger partial charge in [0.1, 0.15) is 0 Å². The van der Waals surface area contributed by atoms with E-state index in [4.69, 9.17) is 0 Å². The lowest BCUT2D eigenvalue weighted by Gasteiger charge is -2.29. The molecule has 0 bridgehead atoms. The lowest BCUT2D eigenvalue weighted by molar-refractivity contribution is -0.120. The molecule has 0 saturated heterocycles. The zero-order valence-corrected chi connectivity index (χ0v) is 11.9. The minimum Gasteiger partial charge on any atom is -0.309 e. The van der Waals surface area contributed by atoms with Crippen molar-refractivity contribution in [2.24, 2.45) is 0 Å². The standard InChI is InChI=1S/C15H24N2O/c1-5-16(6-2)12-15(18)17(13(3)4)14-10-8-7-9-11-14/h7-11,13H,5-6,12H2,1-4H3. The molecule has 1 amide bonds. The van der Waals surface area contributed by atoms with Crippen LogP contribution in [-0.4, -0.2) is 36.5 Å². The van der Waals surface area contributed by atoms with Crippen LogP contribution in [0.1, 0.15) is 27.7 Å². The maximum absolute atomic E-state index is 12.4. The second-order valence-corrected chi connectivity index (χ2v) is 4.65. The largest absolute Gasteiger partial charge is 0.309 e. The van der Waals surface area contributed by atoms with Gasteiger partial charge in [-0.2, -0.15) is 0 Å². The molecule has 0 spiro atoms. The average molecular weight is 248 g/mol. The highest BCUT2D eigenvalue weighted by atomic mass is 16.2. The van der Waals surface area contributed by atoms with Crippen molar-refractivity contribution < 1.29 is 4.79 Å². The zero-order valence-electron chi connectivity index (χ0n) is 11.9. The summed E-state index contributed by atoms with van der Waals surface area (Å²) in [6.45, 7) is 10.6. The molecule has 0 aliphatic heterocycles. The summed E-state index contributed by atoms with van der Waals surface area (Å²) in [5.41, 5.74) is 0.977. The molecular formula is C15H24N2O. The number of benzene rings is 1. The van der Waals surface area contributed by atoms with Gasteiger partial charge in [0.25, 0.3) is 0 Å². The molecule has 3 nitrogen and oxygen atoms in total. The molecule has 0 heterocycles. The highest BCUT2D eigenvalue weighted by molar-refractivity contribution is 5.95. The number of rotatable bonds is 6. The summed E-state index contributed by atoms with van der Waals surface area (Å²) in [5.74, 6) is 0.167. The third-order valence-electron chi connectivity index (χ3n) is 3.07. The van der Waals surface area contributed by atoms with E-state index in [9.17, 15) is 4.79 Å². The molecular weight excluding hydrogens is 224 g/mol. The molecule has 0 radical (unpaired) electrons. The number of carbonyl (C=O) groups excluding carboxylic acids is 1. The van der Waals surface area contributed by atoms with Crippen LogP contribution in [0.15, 0.2) is 30.3 Å². The third-order valence-corrected chi connectivity index (χ3v) is 3.07. The number of amides is 1. The summed E-state index contributed by atoms with van der Waals surface area (Å²) in [7, 11) is 0. The van der Waals surface area contributed by atoms with Gasteiger partial charge in [0.05, 0.1) is 6.54 Å². The van der Waals surface area contributed by atoms with Crippen molar-refractivity contribution in [1.29, 1.82) is 0 Å². The third kappa shape index (κ3) is 3.84. The number of likely N-dealkylation sites (N-methyl/N-ethyl adjacent to an activating group) is 1. The summed E-state index contributed by atoms with van der Waals surface area (Å²) in [4.78, 5) is 16.4. The Morgan fingerprint density at radius 3 is 2.11 bits per heavy atom. The van der Waals surface area contributed by atoms with Crippen LogP contribution in [0.5, 0.6) is 0 Å². The van der Waals surface area contributed by atoms with Crippen molar-refractivity contribution in [2.45, 2.75) is 33.7 Å². The number of carbonyl (C=O) groups is 1. The molecule has 0 aliphatic carbocycles. The molecule has 1 rings (SSSR count). The number of para-hydroxylation sites is 1. The van der Waals surface area contributed by atoms with Crippen LogP contribution in [0, 0.1) is 0 Å². The van der Waals surface area contributed by atoms with Crippen LogP contribution in [0.3, 0.4) is 0 Å². The summed E-state index contributed by atoms with van der Waals surface area (Å²) in [6.07, 6.45) is 0. The monoisotopic (exact) mass is 248 g/mol. The highest BCUT2D eigenvalue weighted by Crippen LogP contribution is 2.16. The minimum atomic E-state index is 0.167. The Balaban J connectivity index is 2.83. The normalized spacial score (nSPS) is 11.0. The van der Waals surface area contributed by atoms with Crippen molar-refractivity contribution in [3.05, 3.63) is 30.3 Å². The Kier molecular flexibility index (Phi) is 5.86. The summed E-state index contributed by atoms with van der Waals surface area (Å²) in [5, 5.41) is 0. The van der Waals surface area contributed by atoms with E-state index in [0.717, 1.165) is 18.8 Å². The second kappa shape index (κ2) is 7.17. The van der Waals surface area contributed by atoms with E-state index in [0.29, 0.717) is 6.54 Å². The maximum Gasteiger partial charge on any atom is 0.241 e. The highest BCUT2D eigenvalue weighted by Gasteiger charge is 2.20. The SMILES string of the molecule is CCN(CC)CC(=O)N(c1ccccc1)C(C)C. The molecule has 3 heteroatoms. The Bertz CT molecular complexity index is 358. The van der Waals surface area contributed by atoms with Gasteiger partial charge in [-0.25, -0.2) is 0 Å². The van der Waals surface area contributed by atoms with Gasteiger partial charge in [0, 0.05) is 11.7 Å². The van der Waals surface area contributed by atoms with Gasteiger partial charge < -0.3 is 4.90 Å². The molecule has 18 heavy (non-hydrogen) atoms. The quantitative estimate of drug-likeness (QED) is 0.773. The molecule has 0 unspecified atom stereocenters. The predicted octanol–water partition coefficient (Wildman–Crippen LogP) is 2.77. The lowest BCUT2D eigenvalue weighted by atomic mass is 10.2. The van der Waals surface area contributed by atoms with Crippen LogP contribution in [0.2, 0.25) is 0 Å². The number of hydrogen-bond acceptors (Lipinski definition) is 2. The van der Waals surface area contributed by atoms with Gasteiger partial charge in [0.2, 0.25) is 5.91 Å². The Morgan fingerprint density at radius 2 is 1.67 bits per heavy atom. The van der Waals surface area contributed by atoms with Crippen molar-refractivity contribution in [3.8, 4) is 0 Å². The summed E-state index contributed by atoms with van der Waals surface area (Å²) < 4.78 is 0. The molecule has 0 N–H and O–H groups in total. The molecule has 0 aromatic heterocycles. The number of hydrogen-bond donors (Lipinski definition) is 0. The Labute approximate surface area is 110 Å². The van der Waals surface area contributed by atoms with Gasteiger partial charge in [0.15, 0.2) is 0 Å². The molecule has 1 aromatic rings. The van der Waals surface area contributed by atoms with Crippen LogP contribution in [0.4, 0.5) is 5.69 Å². The topological polar surface area (TPSA) is 23.6 Å². The first kappa shape index (κ1) is 14.7. The molecule has 1 aromatic carbocycles. The second-order valence-electron chi connectivity index (χ2n) is 4.65. The number of nitrogens with zero attached hydrogens (tertiary/aromatic N) is 2. The summed E-state index contributed by atoms with van der Waals surface area (Å²) >= 11 is 0. The van der Waals surface area contributed by atoms with Gasteiger partial charge in [-0.3, -0.25) is 9.69 Å². The zero-order chi connectivity index (χ0) is 13.5. The molecule has 0 fully saturated rings. The molecule has 0 atom stereocenters. The first-order valence-electron chi connectivity index (χ1n) is 6.69. The van der Waals surface area contributed by atoms with Crippen molar-refractivity contribution in [3.63, 3.8) is 0 Å². The van der Waals surface area contributed by atoms with Crippen LogP contribution >= 0.6 is 0 Å². The molecule has 100 valence electrons. The Morgan fingerprint density at radius 1 is 1.11 bits per heavy atom. The van der Waals surface area contributed by atoms with Gasteiger partial charge >= 0.3 is 0 Å². The van der Waals surface area contributed by atoms with Crippen LogP contribution < -0.4 is 4.90 Å². The number of anilines is 1. The Hall–Kier alpha value is -1.35. The van der Waals surface area contributed by atoms with E-state index < -0.39 is 0 Å². The fourth-order valence-corrected chi connectivity index (χ4v) is 2.03. The summed E-state index contributed by atoms with van der Waals surface area (Å²) in [6, 6.07) is 10.1. The maximum atomic E-state index is 12.4. The van der Waals surface area contributed by atoms with E-state index in [1.165, 1.54) is 0 Å². The van der Waals surface area contributed by atoms with E-state index in [1.54, 1.807) is 0 Å². The van der Waals surface area contributed by atoms with Crippen molar-refractivity contribution in [1.82, 2.24) is 4.90 Å². The van der Waals surface area contributed by atoms with E-state index in [1.807, 2.05) is 49.1 Å². The van der Waals surface area contributed by atoms with Crippen molar-refractivity contribution >= 4 is 11.6 Å². The van der Waals surface area contributed by atoms with Gasteiger partial charge in [-0.05, 0) is 39.1 Å². The first-order chi connectivity index (χ1) is 8.60. The molecule has 0 aliphatic rings. The smallest absolute Gasteiger partial charge is 0.241 e. The van der Waals surface area contributed by atoms with Gasteiger partial charge in [-0.15, -0.1) is 0 Å². The van der Waals surface area contributed by atoms with Crippen molar-refractivity contribution in [2.75, 3.05) is 24.5 Å². The van der Waals surface area contributed by atoms with E-state index >= 15 is 0 Å². The fraction of sp³-hybridized carbons (Fsp3) is 0.533. The fourth-order valence-electron chi connectivity index (χ4n) is 2.03. The molecule has 0 saturated carbocycles. The van der Waals surface area contributed by atoms with Gasteiger partial charge in [-0.1, -0.05) is 32.0 Å². The van der Waals surface area contributed by atoms with E-state index in [2.05, 4.69) is 18.7 Å². The lowest BCUT2D eigenvalue weighted by Crippen LogP contribution is -2.43.